The molecule has 1 saturated heterocycles. The highest BCUT2D eigenvalue weighted by Gasteiger charge is 2.37. The number of nitrogens with zero attached hydrogens (tertiary/aromatic N) is 1. The van der Waals surface area contributed by atoms with Crippen LogP contribution in [0.25, 0.3) is 0 Å². The van der Waals surface area contributed by atoms with Crippen LogP contribution in [0, 0.1) is 0 Å². The zero-order valence-electron chi connectivity index (χ0n) is 10.1. The van der Waals surface area contributed by atoms with Crippen LogP contribution >= 0.6 is 27.3 Å². The zero-order chi connectivity index (χ0) is 12.5. The molecular weight excluding hydrogens is 314 g/mol. The SMILES string of the molecule is O=C(c1cc(Br)cs1)N1CCO[C@H]2CCCC[C@H]21. The van der Waals surface area contributed by atoms with Crippen molar-refractivity contribution in [3.8, 4) is 0 Å². The summed E-state index contributed by atoms with van der Waals surface area (Å²) in [7, 11) is 0. The van der Waals surface area contributed by atoms with Crippen LogP contribution in [0.4, 0.5) is 0 Å². The summed E-state index contributed by atoms with van der Waals surface area (Å²) < 4.78 is 6.79. The average Bonchev–Trinajstić information content (AvgIpc) is 2.84. The second-order valence-electron chi connectivity index (χ2n) is 4.89. The van der Waals surface area contributed by atoms with Gasteiger partial charge >= 0.3 is 0 Å². The molecule has 98 valence electrons. The first-order valence-electron chi connectivity index (χ1n) is 6.42. The molecule has 2 fully saturated rings. The lowest BCUT2D eigenvalue weighted by atomic mass is 9.90. The Morgan fingerprint density at radius 2 is 2.28 bits per heavy atom. The minimum atomic E-state index is 0.172. The summed E-state index contributed by atoms with van der Waals surface area (Å²) in [6.07, 6.45) is 4.89. The third kappa shape index (κ3) is 2.36. The van der Waals surface area contributed by atoms with Gasteiger partial charge in [-0.1, -0.05) is 12.8 Å². The first-order valence-corrected chi connectivity index (χ1v) is 8.09. The molecule has 2 aliphatic rings. The Bertz CT molecular complexity index is 446. The average molecular weight is 330 g/mol. The number of amides is 1. The summed E-state index contributed by atoms with van der Waals surface area (Å²) >= 11 is 4.92. The van der Waals surface area contributed by atoms with Crippen molar-refractivity contribution in [1.82, 2.24) is 4.90 Å². The van der Waals surface area contributed by atoms with Gasteiger partial charge in [-0.2, -0.15) is 0 Å². The van der Waals surface area contributed by atoms with Gasteiger partial charge in [-0.3, -0.25) is 4.79 Å². The first-order chi connectivity index (χ1) is 8.75. The Morgan fingerprint density at radius 3 is 3.06 bits per heavy atom. The van der Waals surface area contributed by atoms with Crippen LogP contribution in [0.15, 0.2) is 15.9 Å². The molecule has 2 heterocycles. The highest BCUT2D eigenvalue weighted by atomic mass is 79.9. The van der Waals surface area contributed by atoms with Crippen LogP contribution in [-0.2, 0) is 4.74 Å². The number of rotatable bonds is 1. The Labute approximate surface area is 119 Å². The number of morpholine rings is 1. The molecule has 0 radical (unpaired) electrons. The lowest BCUT2D eigenvalue weighted by Gasteiger charge is -2.43. The van der Waals surface area contributed by atoms with Gasteiger partial charge in [-0.05, 0) is 34.8 Å². The van der Waals surface area contributed by atoms with Gasteiger partial charge in [0.25, 0.3) is 5.91 Å². The van der Waals surface area contributed by atoms with E-state index < -0.39 is 0 Å². The third-order valence-corrected chi connectivity index (χ3v) is 5.45. The summed E-state index contributed by atoms with van der Waals surface area (Å²) in [5.74, 6) is 0.172. The topological polar surface area (TPSA) is 29.5 Å². The van der Waals surface area contributed by atoms with Crippen molar-refractivity contribution in [3.63, 3.8) is 0 Å². The fourth-order valence-electron chi connectivity index (χ4n) is 2.92. The van der Waals surface area contributed by atoms with Gasteiger partial charge in [-0.15, -0.1) is 11.3 Å². The molecule has 3 nitrogen and oxygen atoms in total. The highest BCUT2D eigenvalue weighted by molar-refractivity contribution is 9.10. The van der Waals surface area contributed by atoms with Crippen LogP contribution in [0.2, 0.25) is 0 Å². The number of thiophene rings is 1. The van der Waals surface area contributed by atoms with E-state index in [1.165, 1.54) is 24.2 Å². The second-order valence-corrected chi connectivity index (χ2v) is 6.72. The standard InChI is InChI=1S/C13H16BrNO2S/c14-9-7-12(18-8-9)13(16)15-5-6-17-11-4-2-1-3-10(11)15/h7-8,10-11H,1-6H2/t10-,11+/m1/s1. The minimum Gasteiger partial charge on any atom is -0.374 e. The molecule has 1 aliphatic carbocycles. The molecule has 0 unspecified atom stereocenters. The predicted octanol–water partition coefficient (Wildman–Crippen LogP) is 3.29. The van der Waals surface area contributed by atoms with Gasteiger partial charge in [0.05, 0.1) is 23.6 Å². The summed E-state index contributed by atoms with van der Waals surface area (Å²) in [6.45, 7) is 1.41. The number of hydrogen-bond acceptors (Lipinski definition) is 3. The lowest BCUT2D eigenvalue weighted by Crippen LogP contribution is -2.54. The summed E-state index contributed by atoms with van der Waals surface area (Å²) in [5, 5.41) is 1.96. The van der Waals surface area contributed by atoms with Crippen LogP contribution in [0.5, 0.6) is 0 Å². The van der Waals surface area contributed by atoms with E-state index in [0.29, 0.717) is 12.6 Å². The maximum atomic E-state index is 12.5. The maximum absolute atomic E-state index is 12.5. The third-order valence-electron chi connectivity index (χ3n) is 3.77. The summed E-state index contributed by atoms with van der Waals surface area (Å²) in [5.41, 5.74) is 0. The summed E-state index contributed by atoms with van der Waals surface area (Å²) in [6, 6.07) is 2.21. The monoisotopic (exact) mass is 329 g/mol. The molecule has 1 aromatic heterocycles. The quantitative estimate of drug-likeness (QED) is 0.791. The normalized spacial score (nSPS) is 27.9. The molecule has 1 aromatic rings. The van der Waals surface area contributed by atoms with E-state index in [0.717, 1.165) is 28.7 Å². The Morgan fingerprint density at radius 1 is 1.44 bits per heavy atom. The molecular formula is C13H16BrNO2S. The van der Waals surface area contributed by atoms with E-state index in [1.807, 2.05) is 16.3 Å². The first kappa shape index (κ1) is 12.6. The second kappa shape index (κ2) is 5.31. The van der Waals surface area contributed by atoms with Gasteiger partial charge < -0.3 is 9.64 Å². The maximum Gasteiger partial charge on any atom is 0.264 e. The van der Waals surface area contributed by atoms with Crippen molar-refractivity contribution >= 4 is 33.2 Å². The highest BCUT2D eigenvalue weighted by Crippen LogP contribution is 2.30. The van der Waals surface area contributed by atoms with Crippen molar-refractivity contribution in [3.05, 3.63) is 20.8 Å². The molecule has 1 amide bonds. The lowest BCUT2D eigenvalue weighted by molar-refractivity contribution is -0.0751. The van der Waals surface area contributed by atoms with Crippen molar-refractivity contribution in [2.24, 2.45) is 0 Å². The molecule has 0 bridgehead atoms. The van der Waals surface area contributed by atoms with Gasteiger partial charge in [0.2, 0.25) is 0 Å². The molecule has 1 saturated carbocycles. The minimum absolute atomic E-state index is 0.172. The van der Waals surface area contributed by atoms with Crippen molar-refractivity contribution in [1.29, 1.82) is 0 Å². The van der Waals surface area contributed by atoms with Gasteiger partial charge in [-0.25, -0.2) is 0 Å². The number of carbonyl (C=O) groups is 1. The van der Waals surface area contributed by atoms with Gasteiger partial charge in [0, 0.05) is 16.4 Å². The number of ether oxygens (including phenoxy) is 1. The van der Waals surface area contributed by atoms with Crippen LogP contribution in [0.3, 0.4) is 0 Å². The molecule has 0 N–H and O–H groups in total. The fraction of sp³-hybridized carbons (Fsp3) is 0.615. The number of fused-ring (bicyclic) bond motifs is 1. The fourth-order valence-corrected chi connectivity index (χ4v) is 4.30. The van der Waals surface area contributed by atoms with Crippen LogP contribution < -0.4 is 0 Å². The molecule has 0 aromatic carbocycles. The van der Waals surface area contributed by atoms with Crippen LogP contribution in [0.1, 0.15) is 35.4 Å². The van der Waals surface area contributed by atoms with Gasteiger partial charge in [0.1, 0.15) is 0 Å². The van der Waals surface area contributed by atoms with E-state index in [2.05, 4.69) is 15.9 Å². The van der Waals surface area contributed by atoms with E-state index in [1.54, 1.807) is 0 Å². The number of halogens is 1. The van der Waals surface area contributed by atoms with E-state index in [-0.39, 0.29) is 12.0 Å². The Hall–Kier alpha value is -0.390. The molecule has 1 aliphatic heterocycles. The molecule has 2 atom stereocenters. The van der Waals surface area contributed by atoms with Gasteiger partial charge in [0.15, 0.2) is 0 Å². The summed E-state index contributed by atoms with van der Waals surface area (Å²) in [4.78, 5) is 15.4. The van der Waals surface area contributed by atoms with Crippen LogP contribution in [-0.4, -0.2) is 36.1 Å². The number of hydrogen-bond donors (Lipinski definition) is 0. The van der Waals surface area contributed by atoms with E-state index in [9.17, 15) is 4.79 Å². The zero-order valence-corrected chi connectivity index (χ0v) is 12.5. The van der Waals surface area contributed by atoms with E-state index >= 15 is 0 Å². The molecule has 5 heteroatoms. The largest absolute Gasteiger partial charge is 0.374 e. The Kier molecular flexibility index (Phi) is 3.73. The number of carbonyl (C=O) groups excluding carboxylic acids is 1. The molecule has 18 heavy (non-hydrogen) atoms. The smallest absolute Gasteiger partial charge is 0.264 e. The van der Waals surface area contributed by atoms with E-state index in [4.69, 9.17) is 4.74 Å². The van der Waals surface area contributed by atoms with Crippen molar-refractivity contribution in [2.45, 2.75) is 37.8 Å². The predicted molar refractivity (Wildman–Crippen MR) is 75.1 cm³/mol. The van der Waals surface area contributed by atoms with Crippen molar-refractivity contribution in [2.75, 3.05) is 13.2 Å². The molecule has 3 rings (SSSR count). The molecule has 0 spiro atoms. The van der Waals surface area contributed by atoms with Crippen molar-refractivity contribution < 1.29 is 9.53 Å². The Balaban J connectivity index is 1.79.